The number of hydrogen-bond donors (Lipinski definition) is 3. The van der Waals surface area contributed by atoms with Gasteiger partial charge in [0, 0.05) is 24.5 Å². The molecule has 1 atom stereocenters. The Morgan fingerprint density at radius 2 is 2.46 bits per heavy atom. The van der Waals surface area contributed by atoms with Crippen molar-refractivity contribution in [3.05, 3.63) is 17.7 Å². The summed E-state index contributed by atoms with van der Waals surface area (Å²) in [5.41, 5.74) is 1.06. The average Bonchev–Trinajstić information content (AvgIpc) is 2.53. The summed E-state index contributed by atoms with van der Waals surface area (Å²) in [4.78, 5) is 7.21. The molecule has 0 saturated heterocycles. The second kappa shape index (κ2) is 4.99. The van der Waals surface area contributed by atoms with Gasteiger partial charge < -0.3 is 15.4 Å². The molecular formula is C9H17N3O. The van der Waals surface area contributed by atoms with Crippen LogP contribution in [0.4, 0.5) is 0 Å². The number of aryl methyl sites for hydroxylation is 1. The number of imidazole rings is 1. The van der Waals surface area contributed by atoms with Gasteiger partial charge in [-0.15, -0.1) is 0 Å². The fourth-order valence-electron chi connectivity index (χ4n) is 1.15. The summed E-state index contributed by atoms with van der Waals surface area (Å²) in [6.45, 7) is 4.89. The number of nitrogens with one attached hydrogen (secondary N) is 2. The number of hydrogen-bond acceptors (Lipinski definition) is 3. The zero-order valence-corrected chi connectivity index (χ0v) is 8.17. The number of aliphatic hydroxyl groups excluding tert-OH is 1. The van der Waals surface area contributed by atoms with Gasteiger partial charge in [-0.3, -0.25) is 0 Å². The first kappa shape index (κ1) is 10.2. The fraction of sp³-hybridized carbons (Fsp3) is 0.667. The molecule has 74 valence electrons. The topological polar surface area (TPSA) is 60.9 Å². The van der Waals surface area contributed by atoms with Crippen LogP contribution in [0.1, 0.15) is 24.9 Å². The number of rotatable bonds is 5. The van der Waals surface area contributed by atoms with Crippen LogP contribution in [0.25, 0.3) is 0 Å². The monoisotopic (exact) mass is 183 g/mol. The Labute approximate surface area is 78.4 Å². The molecule has 0 amide bonds. The molecule has 0 aliphatic heterocycles. The second-order valence-electron chi connectivity index (χ2n) is 3.16. The Morgan fingerprint density at radius 3 is 2.92 bits per heavy atom. The van der Waals surface area contributed by atoms with Crippen LogP contribution in [0.5, 0.6) is 0 Å². The molecule has 0 bridgehead atoms. The standard InChI is InChI=1S/C9H17N3O/c1-3-8(6-13)11-5-9-4-10-7(2)12-9/h4,8,11,13H,3,5-6H2,1-2H3,(H,10,12). The summed E-state index contributed by atoms with van der Waals surface area (Å²) < 4.78 is 0. The highest BCUT2D eigenvalue weighted by Crippen LogP contribution is 1.97. The van der Waals surface area contributed by atoms with Gasteiger partial charge in [0.05, 0.1) is 6.61 Å². The third kappa shape index (κ3) is 3.16. The highest BCUT2D eigenvalue weighted by atomic mass is 16.3. The Morgan fingerprint density at radius 1 is 1.69 bits per heavy atom. The first-order chi connectivity index (χ1) is 6.26. The van der Waals surface area contributed by atoms with Gasteiger partial charge in [0.1, 0.15) is 5.82 Å². The molecule has 0 aromatic carbocycles. The lowest BCUT2D eigenvalue weighted by atomic mass is 10.2. The van der Waals surface area contributed by atoms with Crippen molar-refractivity contribution in [2.24, 2.45) is 0 Å². The number of aliphatic hydroxyl groups is 1. The number of aromatic nitrogens is 2. The van der Waals surface area contributed by atoms with Gasteiger partial charge in [0.2, 0.25) is 0 Å². The SMILES string of the molecule is CCC(CO)NCc1cnc(C)[nH]1. The van der Waals surface area contributed by atoms with Crippen molar-refractivity contribution < 1.29 is 5.11 Å². The van der Waals surface area contributed by atoms with Crippen molar-refractivity contribution >= 4 is 0 Å². The van der Waals surface area contributed by atoms with E-state index >= 15 is 0 Å². The van der Waals surface area contributed by atoms with Crippen LogP contribution in [0.15, 0.2) is 6.20 Å². The lowest BCUT2D eigenvalue weighted by molar-refractivity contribution is 0.238. The van der Waals surface area contributed by atoms with Crippen LogP contribution in [0.2, 0.25) is 0 Å². The highest BCUT2D eigenvalue weighted by Gasteiger charge is 2.03. The summed E-state index contributed by atoms with van der Waals surface area (Å²) in [5.74, 6) is 0.925. The molecule has 4 heteroatoms. The van der Waals surface area contributed by atoms with E-state index in [0.29, 0.717) is 0 Å². The maximum atomic E-state index is 8.92. The summed E-state index contributed by atoms with van der Waals surface area (Å²) in [6.07, 6.45) is 2.75. The maximum absolute atomic E-state index is 8.92. The molecule has 0 aliphatic carbocycles. The van der Waals surface area contributed by atoms with E-state index in [1.54, 1.807) is 0 Å². The smallest absolute Gasteiger partial charge is 0.103 e. The molecule has 1 rings (SSSR count). The minimum absolute atomic E-state index is 0.184. The molecular weight excluding hydrogens is 166 g/mol. The fourth-order valence-corrected chi connectivity index (χ4v) is 1.15. The van der Waals surface area contributed by atoms with Crippen LogP contribution >= 0.6 is 0 Å². The molecule has 0 fully saturated rings. The van der Waals surface area contributed by atoms with Gasteiger partial charge in [-0.25, -0.2) is 4.98 Å². The van der Waals surface area contributed by atoms with Gasteiger partial charge in [0.25, 0.3) is 0 Å². The minimum atomic E-state index is 0.184. The van der Waals surface area contributed by atoms with Crippen molar-refractivity contribution in [1.29, 1.82) is 0 Å². The van der Waals surface area contributed by atoms with E-state index in [0.717, 1.165) is 24.5 Å². The molecule has 1 aromatic rings. The van der Waals surface area contributed by atoms with Crippen LogP contribution in [0, 0.1) is 6.92 Å². The molecule has 1 aromatic heterocycles. The molecule has 1 unspecified atom stereocenters. The normalized spacial score (nSPS) is 13.2. The van der Waals surface area contributed by atoms with E-state index in [-0.39, 0.29) is 12.6 Å². The lowest BCUT2D eigenvalue weighted by Gasteiger charge is -2.12. The predicted octanol–water partition coefficient (Wildman–Crippen LogP) is 0.579. The quantitative estimate of drug-likeness (QED) is 0.625. The summed E-state index contributed by atoms with van der Waals surface area (Å²) in [6, 6.07) is 0.184. The Kier molecular flexibility index (Phi) is 3.92. The van der Waals surface area contributed by atoms with Crippen molar-refractivity contribution in [3.63, 3.8) is 0 Å². The van der Waals surface area contributed by atoms with Gasteiger partial charge in [-0.2, -0.15) is 0 Å². The summed E-state index contributed by atoms with van der Waals surface area (Å²) >= 11 is 0. The van der Waals surface area contributed by atoms with Crippen molar-refractivity contribution in [2.75, 3.05) is 6.61 Å². The first-order valence-electron chi connectivity index (χ1n) is 4.61. The van der Waals surface area contributed by atoms with Crippen LogP contribution < -0.4 is 5.32 Å². The summed E-state index contributed by atoms with van der Waals surface area (Å²) in [7, 11) is 0. The van der Waals surface area contributed by atoms with Gasteiger partial charge >= 0.3 is 0 Å². The van der Waals surface area contributed by atoms with E-state index in [1.165, 1.54) is 0 Å². The molecule has 3 N–H and O–H groups in total. The van der Waals surface area contributed by atoms with E-state index < -0.39 is 0 Å². The van der Waals surface area contributed by atoms with Gasteiger partial charge in [-0.05, 0) is 13.3 Å². The predicted molar refractivity (Wildman–Crippen MR) is 51.3 cm³/mol. The van der Waals surface area contributed by atoms with Crippen molar-refractivity contribution in [1.82, 2.24) is 15.3 Å². The van der Waals surface area contributed by atoms with Crippen molar-refractivity contribution in [2.45, 2.75) is 32.9 Å². The van der Waals surface area contributed by atoms with E-state index in [2.05, 4.69) is 15.3 Å². The highest BCUT2D eigenvalue weighted by molar-refractivity contribution is 4.99. The van der Waals surface area contributed by atoms with E-state index in [4.69, 9.17) is 5.11 Å². The molecule has 1 heterocycles. The Bertz CT molecular complexity index is 243. The van der Waals surface area contributed by atoms with Crippen molar-refractivity contribution in [3.8, 4) is 0 Å². The van der Waals surface area contributed by atoms with Gasteiger partial charge in [0.15, 0.2) is 0 Å². The summed E-state index contributed by atoms with van der Waals surface area (Å²) in [5, 5.41) is 12.1. The van der Waals surface area contributed by atoms with E-state index in [9.17, 15) is 0 Å². The Balaban J connectivity index is 2.33. The van der Waals surface area contributed by atoms with Gasteiger partial charge in [-0.1, -0.05) is 6.92 Å². The van der Waals surface area contributed by atoms with Crippen LogP contribution in [0.3, 0.4) is 0 Å². The third-order valence-corrected chi connectivity index (χ3v) is 2.05. The Hall–Kier alpha value is -0.870. The molecule has 0 saturated carbocycles. The molecule has 0 spiro atoms. The largest absolute Gasteiger partial charge is 0.395 e. The van der Waals surface area contributed by atoms with Crippen LogP contribution in [-0.2, 0) is 6.54 Å². The van der Waals surface area contributed by atoms with Crippen LogP contribution in [-0.4, -0.2) is 27.7 Å². The molecule has 0 radical (unpaired) electrons. The second-order valence-corrected chi connectivity index (χ2v) is 3.16. The molecule has 0 aliphatic rings. The zero-order chi connectivity index (χ0) is 9.68. The number of H-pyrrole nitrogens is 1. The average molecular weight is 183 g/mol. The lowest BCUT2D eigenvalue weighted by Crippen LogP contribution is -2.31. The third-order valence-electron chi connectivity index (χ3n) is 2.05. The number of nitrogens with zero attached hydrogens (tertiary/aromatic N) is 1. The minimum Gasteiger partial charge on any atom is -0.395 e. The zero-order valence-electron chi connectivity index (χ0n) is 8.17. The van der Waals surface area contributed by atoms with E-state index in [1.807, 2.05) is 20.0 Å². The maximum Gasteiger partial charge on any atom is 0.103 e. The molecule has 4 nitrogen and oxygen atoms in total. The molecule has 13 heavy (non-hydrogen) atoms. The number of aromatic amines is 1. The first-order valence-corrected chi connectivity index (χ1v) is 4.61.